The quantitative estimate of drug-likeness (QED) is 0.158. The summed E-state index contributed by atoms with van der Waals surface area (Å²) in [7, 11) is 0. The molecule has 2 amide bonds. The first kappa shape index (κ1) is 41.8. The van der Waals surface area contributed by atoms with Crippen molar-refractivity contribution >= 4 is 33.8 Å². The molecule has 1 saturated carbocycles. The van der Waals surface area contributed by atoms with E-state index in [0.717, 1.165) is 52.4 Å². The lowest BCUT2D eigenvalue weighted by Crippen LogP contribution is -2.49. The highest BCUT2D eigenvalue weighted by molar-refractivity contribution is 6.00. The Kier molecular flexibility index (Phi) is 9.51. The number of amides is 2. The van der Waals surface area contributed by atoms with Crippen LogP contribution in [0.25, 0.3) is 39.0 Å². The first-order valence-corrected chi connectivity index (χ1v) is 23.3. The van der Waals surface area contributed by atoms with Gasteiger partial charge in [0.1, 0.15) is 23.5 Å². The zero-order chi connectivity index (χ0) is 46.1. The molecular weight excluding hydrogens is 856 g/mol. The van der Waals surface area contributed by atoms with E-state index in [1.165, 1.54) is 5.56 Å². The van der Waals surface area contributed by atoms with Crippen molar-refractivity contribution in [3.8, 4) is 17.2 Å². The third-order valence-corrected chi connectivity index (χ3v) is 15.2. The van der Waals surface area contributed by atoms with Crippen LogP contribution in [-0.4, -0.2) is 89.3 Å². The smallest absolute Gasteiger partial charge is 0.381 e. The van der Waals surface area contributed by atoms with E-state index in [2.05, 4.69) is 52.5 Å². The molecule has 7 aromatic rings. The number of hydrogen-bond donors (Lipinski definition) is 2. The molecule has 2 N–H and O–H groups in total. The molecule has 67 heavy (non-hydrogen) atoms. The number of hydrogen-bond acceptors (Lipinski definition) is 9. The van der Waals surface area contributed by atoms with E-state index in [4.69, 9.17) is 19.4 Å². The van der Waals surface area contributed by atoms with Gasteiger partial charge in [-0.05, 0) is 117 Å². The van der Waals surface area contributed by atoms with Gasteiger partial charge in [0.05, 0.1) is 60.1 Å². The van der Waals surface area contributed by atoms with Crippen LogP contribution in [0.15, 0.2) is 78.0 Å². The molecule has 0 spiro atoms. The Hall–Kier alpha value is -6.56. The minimum absolute atomic E-state index is 0.0272. The van der Waals surface area contributed by atoms with E-state index in [1.807, 2.05) is 47.0 Å². The minimum atomic E-state index is -0.681. The van der Waals surface area contributed by atoms with Gasteiger partial charge in [-0.25, -0.2) is 18.7 Å². The summed E-state index contributed by atoms with van der Waals surface area (Å²) in [5, 5.41) is 14.6. The molecule has 4 fully saturated rings. The number of rotatable bonds is 9. The van der Waals surface area contributed by atoms with E-state index in [1.54, 1.807) is 52.2 Å². The highest BCUT2D eigenvalue weighted by atomic mass is 19.1. The fourth-order valence-electron chi connectivity index (χ4n) is 11.4. The van der Waals surface area contributed by atoms with Crippen LogP contribution in [0.5, 0.6) is 0 Å². The number of aromatic nitrogens is 7. The Bertz CT molecular complexity index is 3220. The Labute approximate surface area is 385 Å². The maximum absolute atomic E-state index is 15.6. The van der Waals surface area contributed by atoms with Crippen LogP contribution in [0.2, 0.25) is 0 Å². The molecule has 5 aliphatic rings. The average Bonchev–Trinajstić information content (AvgIpc) is 3.95. The summed E-state index contributed by atoms with van der Waals surface area (Å²) in [6, 6.07) is 17.3. The molecule has 12 rings (SSSR count). The maximum atomic E-state index is 15.6. The predicted molar refractivity (Wildman–Crippen MR) is 246 cm³/mol. The number of imidazole rings is 1. The Balaban J connectivity index is 0.964. The Morgan fingerprint density at radius 2 is 1.66 bits per heavy atom. The van der Waals surface area contributed by atoms with Crippen LogP contribution in [0, 0.1) is 31.0 Å². The molecule has 17 heteroatoms. The molecule has 1 aliphatic carbocycles. The molecule has 4 aromatic heterocycles. The molecular formula is C50H53FN10O6. The van der Waals surface area contributed by atoms with Gasteiger partial charge in [-0.2, -0.15) is 10.2 Å². The Morgan fingerprint density at radius 1 is 0.910 bits per heavy atom. The van der Waals surface area contributed by atoms with Gasteiger partial charge in [0, 0.05) is 65.8 Å². The minimum Gasteiger partial charge on any atom is -0.381 e. The second-order valence-corrected chi connectivity index (χ2v) is 19.8. The lowest BCUT2D eigenvalue weighted by atomic mass is 9.89. The van der Waals surface area contributed by atoms with Crippen LogP contribution >= 0.6 is 0 Å². The van der Waals surface area contributed by atoms with Gasteiger partial charge in [-0.3, -0.25) is 23.9 Å². The van der Waals surface area contributed by atoms with Gasteiger partial charge < -0.3 is 23.8 Å². The van der Waals surface area contributed by atoms with Crippen molar-refractivity contribution in [1.29, 1.82) is 0 Å². The second-order valence-electron chi connectivity index (χ2n) is 19.8. The molecule has 4 aliphatic heterocycles. The molecule has 0 bridgehead atoms. The van der Waals surface area contributed by atoms with Gasteiger partial charge in [-0.15, -0.1) is 5.48 Å². The van der Waals surface area contributed by atoms with Crippen molar-refractivity contribution in [2.75, 3.05) is 33.0 Å². The summed E-state index contributed by atoms with van der Waals surface area (Å²) < 4.78 is 35.4. The number of ether oxygens (including phenoxy) is 2. The molecule has 4 atom stereocenters. The number of carbonyl (C=O) groups is 2. The number of halogens is 1. The molecule has 346 valence electrons. The number of carbonyl (C=O) groups excluding carboxylic acids is 2. The topological polar surface area (TPSA) is 157 Å². The number of benzene rings is 3. The van der Waals surface area contributed by atoms with Crippen LogP contribution < -0.4 is 16.5 Å². The third-order valence-electron chi connectivity index (χ3n) is 15.2. The number of hydroxylamine groups is 1. The van der Waals surface area contributed by atoms with E-state index in [9.17, 15) is 9.59 Å². The maximum Gasteiger partial charge on any atom is 0.427 e. The number of nitrogens with one attached hydrogen (secondary N) is 2. The summed E-state index contributed by atoms with van der Waals surface area (Å²) in [6.45, 7) is 13.6. The van der Waals surface area contributed by atoms with Crippen molar-refractivity contribution < 1.29 is 28.3 Å². The van der Waals surface area contributed by atoms with Crippen molar-refractivity contribution in [2.24, 2.45) is 11.3 Å². The zero-order valence-electron chi connectivity index (χ0n) is 38.2. The molecule has 8 heterocycles. The van der Waals surface area contributed by atoms with Crippen LogP contribution in [0.1, 0.15) is 90.4 Å². The fraction of sp³-hybridized carbons (Fsp3) is 0.420. The van der Waals surface area contributed by atoms with Crippen LogP contribution in [0.4, 0.5) is 9.18 Å². The molecule has 0 radical (unpaired) electrons. The van der Waals surface area contributed by atoms with E-state index < -0.39 is 23.8 Å². The van der Waals surface area contributed by atoms with Crippen molar-refractivity contribution in [2.45, 2.75) is 90.5 Å². The van der Waals surface area contributed by atoms with Gasteiger partial charge in [-0.1, -0.05) is 19.9 Å². The summed E-state index contributed by atoms with van der Waals surface area (Å²) >= 11 is 0. The van der Waals surface area contributed by atoms with Crippen LogP contribution in [0.3, 0.4) is 0 Å². The highest BCUT2D eigenvalue weighted by Crippen LogP contribution is 2.55. The first-order valence-electron chi connectivity index (χ1n) is 23.3. The van der Waals surface area contributed by atoms with Gasteiger partial charge in [0.15, 0.2) is 0 Å². The van der Waals surface area contributed by atoms with Crippen molar-refractivity contribution in [3.05, 3.63) is 123 Å². The molecule has 1 unspecified atom stereocenters. The number of aryl methyl sites for hydroxylation is 2. The largest absolute Gasteiger partial charge is 0.427 e. The van der Waals surface area contributed by atoms with Crippen molar-refractivity contribution in [1.82, 2.24) is 49.0 Å². The average molecular weight is 909 g/mol. The van der Waals surface area contributed by atoms with E-state index in [-0.39, 0.29) is 28.7 Å². The predicted octanol–water partition coefficient (Wildman–Crippen LogP) is 6.87. The zero-order valence-corrected chi connectivity index (χ0v) is 38.2. The van der Waals surface area contributed by atoms with Gasteiger partial charge >= 0.3 is 11.8 Å². The van der Waals surface area contributed by atoms with E-state index in [0.29, 0.717) is 85.7 Å². The standard InChI is InChI=1S/C50H53FN10O6/c1-28-18-37(19-29(2)43(28)51)61-44(58-15-14-57(48(58)64)36-7-9-39-35(21-36)24-52-59(39)25-49(5)26-66-27-49)42-31(4)56(13-10-38(42)54-61)45(62)41-22-34-20-33(32-11-16-65-17-12-32)6-8-40(34)60(41)50(23-30(50)3)46-53-47(63)67-55-46/h6-9,14-15,18-22,24,30-32,46,55H,10-13,16-17,23,25-27H2,1-5H3,(H,53,63)/t30-,31-,46?,50-/m0/s1. The van der Waals surface area contributed by atoms with Gasteiger partial charge in [0.2, 0.25) is 0 Å². The SMILES string of the molecule is Cc1cc(-n2nc3c(c2-n2ccn(-c4ccc5c(cnn5CC5(C)COC5)c4)c2=O)[C@H](C)N(C(=O)c2cc4cc(C5CCOCC5)ccc4n2[C@@]2(C4NOC(=O)N4)C[C@@H]2C)CC3)cc(C)c1F. The fourth-order valence-corrected chi connectivity index (χ4v) is 11.4. The Morgan fingerprint density at radius 3 is 2.36 bits per heavy atom. The summed E-state index contributed by atoms with van der Waals surface area (Å²) in [5.41, 5.74) is 9.14. The summed E-state index contributed by atoms with van der Waals surface area (Å²) in [6.07, 6.45) is 7.15. The lowest BCUT2D eigenvalue weighted by Gasteiger charge is -2.37. The lowest BCUT2D eigenvalue weighted by molar-refractivity contribution is -0.111. The summed E-state index contributed by atoms with van der Waals surface area (Å²) in [4.78, 5) is 50.0. The highest BCUT2D eigenvalue weighted by Gasteiger charge is 2.62. The van der Waals surface area contributed by atoms with Crippen molar-refractivity contribution in [3.63, 3.8) is 0 Å². The second kappa shape index (κ2) is 15.2. The first-order chi connectivity index (χ1) is 32.3. The van der Waals surface area contributed by atoms with Crippen LogP contribution in [-0.2, 0) is 32.8 Å². The molecule has 16 nitrogen and oxygen atoms in total. The van der Waals surface area contributed by atoms with E-state index >= 15 is 9.18 Å². The number of nitrogens with zero attached hydrogens (tertiary/aromatic N) is 8. The summed E-state index contributed by atoms with van der Waals surface area (Å²) in [5.74, 6) is 0.435. The monoisotopic (exact) mass is 908 g/mol. The number of fused-ring (bicyclic) bond motifs is 3. The third kappa shape index (κ3) is 6.52. The normalized spacial score (nSPS) is 23.6. The molecule has 3 saturated heterocycles. The van der Waals surface area contributed by atoms with Gasteiger partial charge in [0.25, 0.3) is 5.91 Å². The molecule has 3 aromatic carbocycles.